The van der Waals surface area contributed by atoms with E-state index in [9.17, 15) is 13.2 Å². The van der Waals surface area contributed by atoms with Crippen molar-refractivity contribution in [3.63, 3.8) is 0 Å². The Morgan fingerprint density at radius 1 is 1.30 bits per heavy atom. The number of alkyl halides is 3. The van der Waals surface area contributed by atoms with E-state index in [1.807, 2.05) is 13.0 Å². The number of benzene rings is 1. The minimum absolute atomic E-state index is 0.0753. The van der Waals surface area contributed by atoms with Gasteiger partial charge in [0.25, 0.3) is 0 Å². The van der Waals surface area contributed by atoms with Crippen molar-refractivity contribution in [2.24, 2.45) is 0 Å². The Morgan fingerprint density at radius 2 is 2.00 bits per heavy atom. The van der Waals surface area contributed by atoms with E-state index in [1.165, 1.54) is 0 Å². The third kappa shape index (κ3) is 4.80. The predicted octanol–water partition coefficient (Wildman–Crippen LogP) is 3.84. The molecule has 3 unspecified atom stereocenters. The quantitative estimate of drug-likeness (QED) is 0.908. The summed E-state index contributed by atoms with van der Waals surface area (Å²) >= 11 is 0. The van der Waals surface area contributed by atoms with Crippen molar-refractivity contribution < 1.29 is 17.9 Å². The van der Waals surface area contributed by atoms with E-state index in [-0.39, 0.29) is 12.1 Å². The van der Waals surface area contributed by atoms with Crippen molar-refractivity contribution >= 4 is 0 Å². The molecule has 0 aliphatic carbocycles. The average molecular weight is 287 g/mol. The lowest BCUT2D eigenvalue weighted by Crippen LogP contribution is -2.41. The van der Waals surface area contributed by atoms with E-state index in [0.29, 0.717) is 12.2 Å². The van der Waals surface area contributed by atoms with E-state index >= 15 is 0 Å². The van der Waals surface area contributed by atoms with E-state index in [4.69, 9.17) is 4.74 Å². The topological polar surface area (TPSA) is 21.3 Å². The van der Waals surface area contributed by atoms with Crippen molar-refractivity contribution in [2.45, 2.75) is 50.6 Å². The zero-order valence-corrected chi connectivity index (χ0v) is 11.5. The van der Waals surface area contributed by atoms with Gasteiger partial charge >= 0.3 is 6.18 Å². The van der Waals surface area contributed by atoms with Crippen molar-refractivity contribution in [2.75, 3.05) is 6.61 Å². The first-order chi connectivity index (χ1) is 9.44. The fourth-order valence-corrected chi connectivity index (χ4v) is 2.62. The summed E-state index contributed by atoms with van der Waals surface area (Å²) in [5.74, 6) is 0. The summed E-state index contributed by atoms with van der Waals surface area (Å²) in [6, 6.07) is 8.22. The van der Waals surface area contributed by atoms with Gasteiger partial charge in [0.2, 0.25) is 0 Å². The molecule has 1 heterocycles. The summed E-state index contributed by atoms with van der Waals surface area (Å²) in [4.78, 5) is 0. The lowest BCUT2D eigenvalue weighted by atomic mass is 9.98. The van der Waals surface area contributed by atoms with Crippen molar-refractivity contribution in [1.82, 2.24) is 5.32 Å². The van der Waals surface area contributed by atoms with Gasteiger partial charge in [0.15, 0.2) is 0 Å². The Morgan fingerprint density at radius 3 is 2.60 bits per heavy atom. The van der Waals surface area contributed by atoms with Crippen molar-refractivity contribution in [1.29, 1.82) is 0 Å². The van der Waals surface area contributed by atoms with E-state index in [1.54, 1.807) is 24.3 Å². The Balaban J connectivity index is 2.06. The second-order valence-corrected chi connectivity index (χ2v) is 5.35. The van der Waals surface area contributed by atoms with E-state index < -0.39 is 18.6 Å². The van der Waals surface area contributed by atoms with Gasteiger partial charge in [0.05, 0.1) is 12.5 Å². The molecule has 1 aromatic rings. The third-order valence-electron chi connectivity index (χ3n) is 3.56. The van der Waals surface area contributed by atoms with E-state index in [0.717, 1.165) is 12.8 Å². The minimum atomic E-state index is -4.18. The summed E-state index contributed by atoms with van der Waals surface area (Å²) in [6.45, 7) is 2.56. The first-order valence-electron chi connectivity index (χ1n) is 6.93. The smallest absolute Gasteiger partial charge is 0.378 e. The SMILES string of the molecule is CC1CC(NC(CC(F)(F)F)c2ccccc2)CCO1. The molecule has 0 amide bonds. The number of nitrogens with one attached hydrogen (secondary N) is 1. The fraction of sp³-hybridized carbons (Fsp3) is 0.600. The fourth-order valence-electron chi connectivity index (χ4n) is 2.62. The molecule has 1 saturated heterocycles. The normalized spacial score (nSPS) is 25.4. The standard InChI is InChI=1S/C15H20F3NO/c1-11-9-13(7-8-20-11)19-14(10-15(16,17)18)12-5-3-2-4-6-12/h2-6,11,13-14,19H,7-10H2,1H3. The summed E-state index contributed by atoms with van der Waals surface area (Å²) in [5, 5.41) is 3.16. The highest BCUT2D eigenvalue weighted by molar-refractivity contribution is 5.19. The molecule has 2 rings (SSSR count). The molecule has 1 aliphatic rings. The average Bonchev–Trinajstić information content (AvgIpc) is 2.37. The van der Waals surface area contributed by atoms with Crippen molar-refractivity contribution in [3.05, 3.63) is 35.9 Å². The number of halogens is 3. The summed E-state index contributed by atoms with van der Waals surface area (Å²) in [7, 11) is 0. The lowest BCUT2D eigenvalue weighted by molar-refractivity contribution is -0.141. The molecule has 1 fully saturated rings. The molecule has 1 aromatic carbocycles. The second kappa shape index (κ2) is 6.59. The van der Waals surface area contributed by atoms with Crippen molar-refractivity contribution in [3.8, 4) is 0 Å². The van der Waals surface area contributed by atoms with Gasteiger partial charge in [0, 0.05) is 18.7 Å². The zero-order valence-electron chi connectivity index (χ0n) is 11.5. The van der Waals surface area contributed by atoms with Crippen LogP contribution in [0, 0.1) is 0 Å². The van der Waals surface area contributed by atoms with Gasteiger partial charge in [0.1, 0.15) is 0 Å². The van der Waals surface area contributed by atoms with Crippen LogP contribution in [-0.4, -0.2) is 24.9 Å². The van der Waals surface area contributed by atoms with Crippen LogP contribution in [0.5, 0.6) is 0 Å². The maximum absolute atomic E-state index is 12.8. The molecular weight excluding hydrogens is 267 g/mol. The highest BCUT2D eigenvalue weighted by Gasteiger charge is 2.34. The molecule has 20 heavy (non-hydrogen) atoms. The monoisotopic (exact) mass is 287 g/mol. The molecular formula is C15H20F3NO. The Hall–Kier alpha value is -1.07. The molecule has 112 valence electrons. The van der Waals surface area contributed by atoms with Gasteiger partial charge in [-0.2, -0.15) is 13.2 Å². The number of hydrogen-bond acceptors (Lipinski definition) is 2. The molecule has 5 heteroatoms. The second-order valence-electron chi connectivity index (χ2n) is 5.35. The maximum atomic E-state index is 12.8. The molecule has 0 saturated carbocycles. The van der Waals surface area contributed by atoms with Gasteiger partial charge in [-0.25, -0.2) is 0 Å². The van der Waals surface area contributed by atoms with E-state index in [2.05, 4.69) is 5.32 Å². The molecule has 2 nitrogen and oxygen atoms in total. The van der Waals surface area contributed by atoms with Gasteiger partial charge in [-0.1, -0.05) is 30.3 Å². The van der Waals surface area contributed by atoms with Gasteiger partial charge < -0.3 is 10.1 Å². The highest BCUT2D eigenvalue weighted by atomic mass is 19.4. The van der Waals surface area contributed by atoms with Crippen LogP contribution < -0.4 is 5.32 Å². The van der Waals surface area contributed by atoms with Crippen LogP contribution in [0.3, 0.4) is 0 Å². The number of ether oxygens (including phenoxy) is 1. The number of hydrogen-bond donors (Lipinski definition) is 1. The van der Waals surface area contributed by atoms with Gasteiger partial charge in [-0.05, 0) is 25.3 Å². The largest absolute Gasteiger partial charge is 0.390 e. The Kier molecular flexibility index (Phi) is 5.05. The molecule has 0 radical (unpaired) electrons. The van der Waals surface area contributed by atoms with Crippen LogP contribution in [-0.2, 0) is 4.74 Å². The first-order valence-corrected chi connectivity index (χ1v) is 6.93. The van der Waals surface area contributed by atoms with Crippen LogP contribution in [0.4, 0.5) is 13.2 Å². The maximum Gasteiger partial charge on any atom is 0.390 e. The molecule has 0 spiro atoms. The van der Waals surface area contributed by atoms with Crippen LogP contribution in [0.15, 0.2) is 30.3 Å². The van der Waals surface area contributed by atoms with Crippen LogP contribution in [0.1, 0.15) is 37.8 Å². The molecule has 3 atom stereocenters. The first kappa shape index (κ1) is 15.3. The molecule has 1 aliphatic heterocycles. The molecule has 0 aromatic heterocycles. The van der Waals surface area contributed by atoms with Crippen LogP contribution >= 0.6 is 0 Å². The molecule has 0 bridgehead atoms. The van der Waals surface area contributed by atoms with Crippen LogP contribution in [0.2, 0.25) is 0 Å². The summed E-state index contributed by atoms with van der Waals surface area (Å²) < 4.78 is 43.7. The van der Waals surface area contributed by atoms with Gasteiger partial charge in [-0.3, -0.25) is 0 Å². The minimum Gasteiger partial charge on any atom is -0.378 e. The summed E-state index contributed by atoms with van der Waals surface area (Å²) in [6.07, 6.45) is -3.41. The Bertz CT molecular complexity index is 407. The number of rotatable bonds is 4. The summed E-state index contributed by atoms with van der Waals surface area (Å²) in [5.41, 5.74) is 0.684. The molecule has 1 N–H and O–H groups in total. The predicted molar refractivity (Wildman–Crippen MR) is 71.4 cm³/mol. The third-order valence-corrected chi connectivity index (χ3v) is 3.56. The highest BCUT2D eigenvalue weighted by Crippen LogP contribution is 2.30. The van der Waals surface area contributed by atoms with Gasteiger partial charge in [-0.15, -0.1) is 0 Å². The lowest BCUT2D eigenvalue weighted by Gasteiger charge is -2.32. The van der Waals surface area contributed by atoms with Crippen LogP contribution in [0.25, 0.3) is 0 Å². The Labute approximate surface area is 117 Å². The zero-order chi connectivity index (χ0) is 14.6.